The van der Waals surface area contributed by atoms with Crippen molar-refractivity contribution in [3.8, 4) is 0 Å². The summed E-state index contributed by atoms with van der Waals surface area (Å²) in [7, 11) is 0. The van der Waals surface area contributed by atoms with E-state index in [1.807, 2.05) is 13.0 Å². The fraction of sp³-hybridized carbons (Fsp3) is 0.176. The monoisotopic (exact) mass is 310 g/mol. The molecule has 2 rings (SSSR count). The van der Waals surface area contributed by atoms with Gasteiger partial charge in [0.25, 0.3) is 5.91 Å². The van der Waals surface area contributed by atoms with Crippen LogP contribution >= 0.6 is 0 Å². The highest BCUT2D eigenvalue weighted by Crippen LogP contribution is 2.04. The van der Waals surface area contributed by atoms with Crippen LogP contribution in [0.2, 0.25) is 0 Å². The summed E-state index contributed by atoms with van der Waals surface area (Å²) < 4.78 is 0. The molecule has 1 heterocycles. The van der Waals surface area contributed by atoms with Crippen LogP contribution in [0.25, 0.3) is 0 Å². The second-order valence-corrected chi connectivity index (χ2v) is 5.10. The number of hydrogen-bond acceptors (Lipinski definition) is 4. The quantitative estimate of drug-likeness (QED) is 0.657. The Bertz CT molecular complexity index is 726. The van der Waals surface area contributed by atoms with Gasteiger partial charge in [0, 0.05) is 17.5 Å². The van der Waals surface area contributed by atoms with Crippen LogP contribution in [0, 0.1) is 6.92 Å². The average molecular weight is 310 g/mol. The number of rotatable bonds is 5. The lowest BCUT2D eigenvalue weighted by atomic mass is 10.1. The molecule has 0 spiro atoms. The molecule has 6 nitrogen and oxygen atoms in total. The first kappa shape index (κ1) is 16.4. The third kappa shape index (κ3) is 5.35. The largest absolute Gasteiger partial charge is 0.310 e. The van der Waals surface area contributed by atoms with E-state index in [2.05, 4.69) is 20.8 Å². The van der Waals surface area contributed by atoms with Crippen molar-refractivity contribution < 1.29 is 9.59 Å². The molecule has 118 valence electrons. The minimum atomic E-state index is -0.307. The number of amides is 2. The Hall–Kier alpha value is -3.02. The fourth-order valence-electron chi connectivity index (χ4n) is 1.89. The number of hydrazone groups is 1. The summed E-state index contributed by atoms with van der Waals surface area (Å²) in [6.45, 7) is 3.59. The molecular formula is C17H18N4O2. The first-order chi connectivity index (χ1) is 11.0. The Balaban J connectivity index is 1.87. The minimum Gasteiger partial charge on any atom is -0.310 e. The van der Waals surface area contributed by atoms with E-state index < -0.39 is 0 Å². The lowest BCUT2D eigenvalue weighted by Crippen LogP contribution is -2.21. The van der Waals surface area contributed by atoms with E-state index in [0.29, 0.717) is 17.1 Å². The van der Waals surface area contributed by atoms with E-state index in [0.717, 1.165) is 5.56 Å². The van der Waals surface area contributed by atoms with Gasteiger partial charge in [0.05, 0.1) is 6.42 Å². The molecule has 0 bridgehead atoms. The maximum atomic E-state index is 11.9. The van der Waals surface area contributed by atoms with Crippen molar-refractivity contribution >= 4 is 23.3 Å². The van der Waals surface area contributed by atoms with Gasteiger partial charge in [-0.1, -0.05) is 23.8 Å². The van der Waals surface area contributed by atoms with Crippen molar-refractivity contribution in [2.45, 2.75) is 20.3 Å². The maximum absolute atomic E-state index is 11.9. The number of carbonyl (C=O) groups is 2. The van der Waals surface area contributed by atoms with Crippen LogP contribution < -0.4 is 10.7 Å². The number of aromatic nitrogens is 1. The summed E-state index contributed by atoms with van der Waals surface area (Å²) in [5, 5.41) is 6.60. The van der Waals surface area contributed by atoms with Crippen molar-refractivity contribution in [3.05, 3.63) is 59.8 Å². The third-order valence-corrected chi connectivity index (χ3v) is 2.98. The van der Waals surface area contributed by atoms with E-state index in [9.17, 15) is 9.59 Å². The summed E-state index contributed by atoms with van der Waals surface area (Å²) in [6, 6.07) is 12.4. The molecule has 0 radical (unpaired) electrons. The van der Waals surface area contributed by atoms with E-state index in [4.69, 9.17) is 0 Å². The topological polar surface area (TPSA) is 83.4 Å². The van der Waals surface area contributed by atoms with Gasteiger partial charge in [-0.15, -0.1) is 0 Å². The van der Waals surface area contributed by atoms with Gasteiger partial charge in [-0.25, -0.2) is 10.4 Å². The zero-order chi connectivity index (χ0) is 16.7. The summed E-state index contributed by atoms with van der Waals surface area (Å²) in [5.74, 6) is -0.0676. The lowest BCUT2D eigenvalue weighted by Gasteiger charge is -2.05. The highest BCUT2D eigenvalue weighted by atomic mass is 16.2. The number of carbonyl (C=O) groups excluding carboxylic acids is 2. The van der Waals surface area contributed by atoms with Crippen LogP contribution in [0.4, 0.5) is 5.82 Å². The molecule has 0 fully saturated rings. The van der Waals surface area contributed by atoms with Crippen LogP contribution in [0.5, 0.6) is 0 Å². The Morgan fingerprint density at radius 1 is 1.17 bits per heavy atom. The van der Waals surface area contributed by atoms with Gasteiger partial charge in [-0.2, -0.15) is 5.10 Å². The Kier molecular flexibility index (Phi) is 5.57. The van der Waals surface area contributed by atoms with Crippen molar-refractivity contribution in [1.29, 1.82) is 0 Å². The number of nitrogens with one attached hydrogen (secondary N) is 2. The van der Waals surface area contributed by atoms with Crippen LogP contribution in [-0.2, 0) is 4.79 Å². The highest BCUT2D eigenvalue weighted by Gasteiger charge is 2.07. The number of aryl methyl sites for hydroxylation is 1. The van der Waals surface area contributed by atoms with Crippen molar-refractivity contribution in [2.75, 3.05) is 5.32 Å². The Labute approximate surface area is 134 Å². The fourth-order valence-corrected chi connectivity index (χ4v) is 1.89. The van der Waals surface area contributed by atoms with Crippen molar-refractivity contribution in [3.63, 3.8) is 0 Å². The number of pyridine rings is 1. The zero-order valence-electron chi connectivity index (χ0n) is 13.0. The molecule has 0 unspecified atom stereocenters. The SMILES string of the molecule is CC(CC(=O)Nc1ccccn1)=NNC(=O)c1cccc(C)c1. The molecule has 0 saturated carbocycles. The van der Waals surface area contributed by atoms with E-state index >= 15 is 0 Å². The molecule has 6 heteroatoms. The van der Waals surface area contributed by atoms with Gasteiger partial charge >= 0.3 is 0 Å². The molecule has 0 atom stereocenters. The van der Waals surface area contributed by atoms with Gasteiger partial charge < -0.3 is 5.32 Å². The average Bonchev–Trinajstić information content (AvgIpc) is 2.53. The zero-order valence-corrected chi connectivity index (χ0v) is 13.0. The smallest absolute Gasteiger partial charge is 0.271 e. The maximum Gasteiger partial charge on any atom is 0.271 e. The first-order valence-electron chi connectivity index (χ1n) is 7.15. The first-order valence-corrected chi connectivity index (χ1v) is 7.15. The predicted molar refractivity (Wildman–Crippen MR) is 89.2 cm³/mol. The van der Waals surface area contributed by atoms with Crippen LogP contribution in [0.3, 0.4) is 0 Å². The molecule has 2 amide bonds. The predicted octanol–water partition coefficient (Wildman–Crippen LogP) is 2.52. The third-order valence-electron chi connectivity index (χ3n) is 2.98. The van der Waals surface area contributed by atoms with Gasteiger partial charge in [0.1, 0.15) is 5.82 Å². The van der Waals surface area contributed by atoms with Gasteiger partial charge in [-0.05, 0) is 38.1 Å². The van der Waals surface area contributed by atoms with Gasteiger partial charge in [-0.3, -0.25) is 9.59 Å². The van der Waals surface area contributed by atoms with Crippen molar-refractivity contribution in [1.82, 2.24) is 10.4 Å². The van der Waals surface area contributed by atoms with E-state index in [-0.39, 0.29) is 18.2 Å². The summed E-state index contributed by atoms with van der Waals surface area (Å²) >= 11 is 0. The molecule has 1 aromatic heterocycles. The Morgan fingerprint density at radius 3 is 2.70 bits per heavy atom. The molecular weight excluding hydrogens is 292 g/mol. The minimum absolute atomic E-state index is 0.0741. The molecule has 2 N–H and O–H groups in total. The van der Waals surface area contributed by atoms with Crippen LogP contribution in [-0.4, -0.2) is 22.5 Å². The van der Waals surface area contributed by atoms with E-state index in [1.165, 1.54) is 0 Å². The molecule has 0 aliphatic heterocycles. The molecule has 23 heavy (non-hydrogen) atoms. The summed E-state index contributed by atoms with van der Waals surface area (Å²) in [6.07, 6.45) is 1.67. The second-order valence-electron chi connectivity index (χ2n) is 5.10. The highest BCUT2D eigenvalue weighted by molar-refractivity contribution is 6.05. The van der Waals surface area contributed by atoms with Gasteiger partial charge in [0.2, 0.25) is 5.91 Å². The van der Waals surface area contributed by atoms with Crippen molar-refractivity contribution in [2.24, 2.45) is 5.10 Å². The number of anilines is 1. The van der Waals surface area contributed by atoms with Crippen LogP contribution in [0.1, 0.15) is 29.3 Å². The number of hydrogen-bond donors (Lipinski definition) is 2. The molecule has 0 aliphatic carbocycles. The van der Waals surface area contributed by atoms with Gasteiger partial charge in [0.15, 0.2) is 0 Å². The normalized spacial score (nSPS) is 11.0. The summed E-state index contributed by atoms with van der Waals surface area (Å²) in [5.41, 5.74) is 4.47. The standard InChI is InChI=1S/C17H18N4O2/c1-12-6-5-7-14(10-12)17(23)21-20-13(2)11-16(22)19-15-8-3-4-9-18-15/h3-10H,11H2,1-2H3,(H,21,23)(H,18,19,22). The van der Waals surface area contributed by atoms with Crippen LogP contribution in [0.15, 0.2) is 53.8 Å². The number of nitrogens with zero attached hydrogens (tertiary/aromatic N) is 2. The lowest BCUT2D eigenvalue weighted by molar-refractivity contribution is -0.115. The second kappa shape index (κ2) is 7.84. The molecule has 2 aromatic rings. The molecule has 1 aromatic carbocycles. The summed E-state index contributed by atoms with van der Waals surface area (Å²) in [4.78, 5) is 27.8. The molecule has 0 saturated heterocycles. The molecule has 0 aliphatic rings. The number of benzene rings is 1. The van der Waals surface area contributed by atoms with E-state index in [1.54, 1.807) is 49.5 Å². The Morgan fingerprint density at radius 2 is 2.00 bits per heavy atom.